The molecule has 2 saturated carbocycles. The van der Waals surface area contributed by atoms with E-state index in [1.807, 2.05) is 27.7 Å². The fourth-order valence-electron chi connectivity index (χ4n) is 8.11. The molecule has 8 nitrogen and oxygen atoms in total. The first kappa shape index (κ1) is 34.4. The molecule has 4 aliphatic heterocycles. The van der Waals surface area contributed by atoms with Gasteiger partial charge in [0.15, 0.2) is 0 Å². The van der Waals surface area contributed by atoms with Crippen LogP contribution in [0.15, 0.2) is 39.2 Å². The van der Waals surface area contributed by atoms with E-state index < -0.39 is 0 Å². The fraction of sp³-hybridized carbons (Fsp3) is 0.611. The first-order valence-corrected chi connectivity index (χ1v) is 21.3. The van der Waals surface area contributed by atoms with Crippen molar-refractivity contribution in [2.75, 3.05) is 26.2 Å². The highest BCUT2D eigenvalue weighted by atomic mass is 32.2. The van der Waals surface area contributed by atoms with Gasteiger partial charge in [-0.3, -0.25) is 19.2 Å². The number of nitrogens with zero attached hydrogens (tertiary/aromatic N) is 4. The highest BCUT2D eigenvalue weighted by Crippen LogP contribution is 2.68. The van der Waals surface area contributed by atoms with Crippen molar-refractivity contribution in [1.29, 1.82) is 0 Å². The number of rotatable bonds is 10. The third kappa shape index (κ3) is 5.64. The predicted molar refractivity (Wildman–Crippen MR) is 194 cm³/mol. The Labute approximate surface area is 301 Å². The van der Waals surface area contributed by atoms with E-state index in [9.17, 15) is 19.2 Å². The van der Waals surface area contributed by atoms with E-state index in [4.69, 9.17) is 0 Å². The number of carbonyl (C=O) groups is 4. The van der Waals surface area contributed by atoms with Crippen LogP contribution in [0.25, 0.3) is 0 Å². The van der Waals surface area contributed by atoms with Crippen LogP contribution in [-0.2, 0) is 19.2 Å². The summed E-state index contributed by atoms with van der Waals surface area (Å²) < 4.78 is 1.64. The van der Waals surface area contributed by atoms with Gasteiger partial charge in [-0.15, -0.1) is 0 Å². The lowest BCUT2D eigenvalue weighted by Crippen LogP contribution is -2.41. The number of hydrogen-bond donors (Lipinski definition) is 0. The Morgan fingerprint density at radius 1 is 0.458 bits per heavy atom. The Morgan fingerprint density at radius 3 is 0.938 bits per heavy atom. The highest BCUT2D eigenvalue weighted by molar-refractivity contribution is 8.25. The van der Waals surface area contributed by atoms with Gasteiger partial charge >= 0.3 is 0 Å². The molecular weight excluding hydrogens is 681 g/mol. The van der Waals surface area contributed by atoms with Crippen molar-refractivity contribution in [3.05, 3.63) is 30.7 Å². The molecular formula is C36H46N4O4S4. The molecule has 1 aromatic rings. The smallest absolute Gasteiger partial charge is 0.267 e. The minimum atomic E-state index is -0.169. The molecule has 48 heavy (non-hydrogen) atoms. The van der Waals surface area contributed by atoms with Crippen LogP contribution in [0.3, 0.4) is 0 Å². The van der Waals surface area contributed by atoms with Crippen LogP contribution in [-0.4, -0.2) is 69.8 Å². The van der Waals surface area contributed by atoms with E-state index in [0.717, 1.165) is 59.8 Å². The lowest BCUT2D eigenvalue weighted by Gasteiger charge is -2.26. The summed E-state index contributed by atoms with van der Waals surface area (Å²) in [5.74, 6) is 0.0869. The Bertz CT molecular complexity index is 1400. The second-order valence-electron chi connectivity index (χ2n) is 13.6. The number of carbonyl (C=O) groups excluding carboxylic acids is 4. The van der Waals surface area contributed by atoms with Crippen molar-refractivity contribution in [3.8, 4) is 0 Å². The summed E-state index contributed by atoms with van der Waals surface area (Å²) in [6.45, 7) is 10.3. The molecule has 2 aliphatic carbocycles. The zero-order valence-corrected chi connectivity index (χ0v) is 31.8. The summed E-state index contributed by atoms with van der Waals surface area (Å²) in [5, 5.41) is 6.66. The minimum Gasteiger partial charge on any atom is -0.267 e. The number of amides is 4. The molecule has 7 rings (SSSR count). The topological polar surface area (TPSA) is 81.2 Å². The molecule has 0 aromatic heterocycles. The van der Waals surface area contributed by atoms with Gasteiger partial charge in [-0.05, 0) is 74.3 Å². The molecule has 0 bridgehead atoms. The molecule has 4 fully saturated rings. The zero-order valence-electron chi connectivity index (χ0n) is 28.5. The van der Waals surface area contributed by atoms with E-state index >= 15 is 0 Å². The number of benzene rings is 1. The molecule has 4 heterocycles. The Kier molecular flexibility index (Phi) is 10.3. The Balaban J connectivity index is 1.37. The maximum atomic E-state index is 13.9. The van der Waals surface area contributed by atoms with Crippen LogP contribution in [0.4, 0.5) is 0 Å². The number of hydrogen-bond acceptors (Lipinski definition) is 8. The highest BCUT2D eigenvalue weighted by Gasteiger charge is 2.48. The van der Waals surface area contributed by atoms with Crippen LogP contribution in [0.1, 0.15) is 128 Å². The van der Waals surface area contributed by atoms with Gasteiger partial charge < -0.3 is 0 Å². The molecule has 0 radical (unpaired) electrons. The van der Waals surface area contributed by atoms with Gasteiger partial charge in [-0.2, -0.15) is 0 Å². The molecule has 0 spiro atoms. The van der Waals surface area contributed by atoms with Gasteiger partial charge in [0.25, 0.3) is 23.6 Å². The van der Waals surface area contributed by atoms with Gasteiger partial charge in [-0.25, -0.2) is 20.0 Å². The van der Waals surface area contributed by atoms with Crippen molar-refractivity contribution in [2.45, 2.75) is 136 Å². The van der Waals surface area contributed by atoms with Crippen molar-refractivity contribution < 1.29 is 19.2 Å². The molecule has 258 valence electrons. The number of thioether (sulfide) groups is 4. The van der Waals surface area contributed by atoms with Crippen molar-refractivity contribution >= 4 is 70.7 Å². The summed E-state index contributed by atoms with van der Waals surface area (Å²) in [6, 6.07) is 0. The second kappa shape index (κ2) is 14.3. The average molecular weight is 727 g/mol. The van der Waals surface area contributed by atoms with Gasteiger partial charge in [0.1, 0.15) is 11.1 Å². The molecule has 0 unspecified atom stereocenters. The summed E-state index contributed by atoms with van der Waals surface area (Å²) in [7, 11) is 0. The quantitative estimate of drug-likeness (QED) is 0.175. The summed E-state index contributed by atoms with van der Waals surface area (Å²) in [4.78, 5) is 60.5. The van der Waals surface area contributed by atoms with Crippen LogP contribution >= 0.6 is 47.0 Å². The summed E-state index contributed by atoms with van der Waals surface area (Å²) in [6.07, 6.45) is 12.3. The monoisotopic (exact) mass is 726 g/mol. The van der Waals surface area contributed by atoms with Gasteiger partial charge in [-0.1, -0.05) is 100 Å². The molecule has 0 atom stereocenters. The van der Waals surface area contributed by atoms with E-state index in [1.165, 1.54) is 56.4 Å². The molecule has 6 aliphatic rings. The Hall–Kier alpha value is -2.02. The molecule has 12 heteroatoms. The van der Waals surface area contributed by atoms with E-state index in [2.05, 4.69) is 0 Å². The molecule has 0 N–H and O–H groups in total. The van der Waals surface area contributed by atoms with E-state index in [0.29, 0.717) is 49.2 Å². The normalized spacial score (nSPS) is 21.9. The predicted octanol–water partition coefficient (Wildman–Crippen LogP) is 8.63. The summed E-state index contributed by atoms with van der Waals surface area (Å²) >= 11 is 6.56. The standard InChI is InChI=1S/C36H46N4O4S4/c1-5-17-37-31(41)25(32(42)38(37)18-6-2)35-45-27-23(21-13-9-10-14-21)29-30(24(28(27)46-35)22-15-11-12-16-22)48-36(47-29)26-33(43)39(19-7-3)40(20-8-4)34(26)44/h21-22H,5-20H2,1-4H3. The van der Waals surface area contributed by atoms with Crippen molar-refractivity contribution in [3.63, 3.8) is 0 Å². The zero-order chi connectivity index (χ0) is 33.7. The minimum absolute atomic E-state index is 0.169. The van der Waals surface area contributed by atoms with Crippen molar-refractivity contribution in [2.24, 2.45) is 0 Å². The van der Waals surface area contributed by atoms with Crippen LogP contribution < -0.4 is 0 Å². The third-order valence-corrected chi connectivity index (χ3v) is 15.6. The van der Waals surface area contributed by atoms with E-state index in [-0.39, 0.29) is 23.6 Å². The SMILES string of the molecule is CCCN1C(=O)C(=C2Sc3c(c(C4CCCC4)c4c(c3C3CCCC3)SC(=C3C(=O)N(CCC)N(CCC)C3=O)S4)S2)C(=O)N1CCC. The molecule has 2 saturated heterocycles. The maximum absolute atomic E-state index is 13.9. The van der Waals surface area contributed by atoms with Gasteiger partial charge in [0.2, 0.25) is 0 Å². The first-order chi connectivity index (χ1) is 23.3. The number of fused-ring (bicyclic) bond motifs is 2. The van der Waals surface area contributed by atoms with E-state index in [1.54, 1.807) is 67.1 Å². The van der Waals surface area contributed by atoms with Gasteiger partial charge in [0, 0.05) is 45.8 Å². The summed E-state index contributed by atoms with van der Waals surface area (Å²) in [5.41, 5.74) is 3.30. The van der Waals surface area contributed by atoms with Crippen LogP contribution in [0, 0.1) is 0 Å². The second-order valence-corrected chi connectivity index (χ2v) is 18.2. The third-order valence-electron chi connectivity index (χ3n) is 10.2. The maximum Gasteiger partial charge on any atom is 0.279 e. The van der Waals surface area contributed by atoms with Crippen molar-refractivity contribution in [1.82, 2.24) is 20.0 Å². The Morgan fingerprint density at radius 2 is 0.708 bits per heavy atom. The molecule has 4 amide bonds. The largest absolute Gasteiger partial charge is 0.279 e. The first-order valence-electron chi connectivity index (χ1n) is 18.0. The molecule has 1 aromatic carbocycles. The van der Waals surface area contributed by atoms with Crippen LogP contribution in [0.5, 0.6) is 0 Å². The van der Waals surface area contributed by atoms with Gasteiger partial charge in [0.05, 0.1) is 8.47 Å². The lowest BCUT2D eigenvalue weighted by atomic mass is 9.91. The lowest BCUT2D eigenvalue weighted by molar-refractivity contribution is -0.146. The fourth-order valence-corrected chi connectivity index (χ4v) is 14.2. The number of hydrazine groups is 2. The average Bonchev–Trinajstić information content (AvgIpc) is 3.92. The van der Waals surface area contributed by atoms with Crippen LogP contribution in [0.2, 0.25) is 0 Å².